The van der Waals surface area contributed by atoms with Crippen molar-refractivity contribution in [3.05, 3.63) is 118 Å². The Morgan fingerprint density at radius 3 is 2.57 bits per heavy atom. The molecule has 0 radical (unpaired) electrons. The standard InChI is InChI=1S/C33H32F3N5O2S/c1-22-16-28-25(19-37-41(28)26-12-13-31(42)39(3)20-26)17-27(22)32(18-24-8-5-4-6-9-24)14-15-40(21-32)23(2)44(43)30-11-7-10-29(38-30)33(34,35)36/h4-13,16-17,19-20,23H,14-15,18,21H2,1-3H3/t23-,32?,44?/m0/s1. The SMILES string of the molecule is Cc1cc2c(cnn2-c2ccc(=O)n(C)c2)cc1C1(Cc2ccccc2)CCN([C@H](C)[S+]([O-])c2cccc(C(F)(F)F)n2)C1. The molecule has 1 aliphatic rings. The molecular formula is C33H32F3N5O2S. The number of rotatable bonds is 7. The zero-order valence-electron chi connectivity index (χ0n) is 24.6. The Labute approximate surface area is 256 Å². The van der Waals surface area contributed by atoms with E-state index in [4.69, 9.17) is 0 Å². The minimum atomic E-state index is -4.61. The third kappa shape index (κ3) is 5.67. The van der Waals surface area contributed by atoms with E-state index in [2.05, 4.69) is 46.2 Å². The Morgan fingerprint density at radius 2 is 1.84 bits per heavy atom. The van der Waals surface area contributed by atoms with Gasteiger partial charge in [-0.3, -0.25) is 9.69 Å². The molecule has 4 heterocycles. The quantitative estimate of drug-likeness (QED) is 0.216. The number of alkyl halides is 3. The third-order valence-electron chi connectivity index (χ3n) is 8.61. The molecule has 228 valence electrons. The number of nitrogens with zero attached hydrogens (tertiary/aromatic N) is 5. The predicted molar refractivity (Wildman–Crippen MR) is 164 cm³/mol. The van der Waals surface area contributed by atoms with Gasteiger partial charge in [0.05, 0.1) is 17.4 Å². The van der Waals surface area contributed by atoms with E-state index in [1.165, 1.54) is 28.3 Å². The summed E-state index contributed by atoms with van der Waals surface area (Å²) in [4.78, 5) is 17.8. The van der Waals surface area contributed by atoms with Crippen molar-refractivity contribution >= 4 is 22.1 Å². The van der Waals surface area contributed by atoms with Crippen LogP contribution in [0.3, 0.4) is 0 Å². The molecule has 1 fully saturated rings. The van der Waals surface area contributed by atoms with Crippen LogP contribution >= 0.6 is 0 Å². The molecular weight excluding hydrogens is 587 g/mol. The van der Waals surface area contributed by atoms with E-state index in [0.29, 0.717) is 13.1 Å². The topological polar surface area (TPSA) is 79.0 Å². The first-order valence-corrected chi connectivity index (χ1v) is 15.6. The van der Waals surface area contributed by atoms with Crippen LogP contribution in [0.15, 0.2) is 95.0 Å². The maximum absolute atomic E-state index is 13.5. The van der Waals surface area contributed by atoms with Gasteiger partial charge in [0.25, 0.3) is 0 Å². The van der Waals surface area contributed by atoms with Gasteiger partial charge in [-0.1, -0.05) is 36.4 Å². The van der Waals surface area contributed by atoms with Crippen LogP contribution in [0.1, 0.15) is 35.7 Å². The van der Waals surface area contributed by atoms with Gasteiger partial charge >= 0.3 is 6.18 Å². The molecule has 11 heteroatoms. The molecule has 3 atom stereocenters. The number of benzene rings is 2. The molecule has 0 N–H and O–H groups in total. The second-order valence-electron chi connectivity index (χ2n) is 11.5. The van der Waals surface area contributed by atoms with Gasteiger partial charge in [0.1, 0.15) is 5.69 Å². The number of likely N-dealkylation sites (tertiary alicyclic amines) is 1. The number of halogens is 3. The van der Waals surface area contributed by atoms with E-state index in [0.717, 1.165) is 46.6 Å². The summed E-state index contributed by atoms with van der Waals surface area (Å²) in [6, 6.07) is 21.3. The monoisotopic (exact) mass is 619 g/mol. The van der Waals surface area contributed by atoms with E-state index >= 15 is 0 Å². The molecule has 0 amide bonds. The van der Waals surface area contributed by atoms with Crippen molar-refractivity contribution in [2.45, 2.75) is 48.7 Å². The molecule has 3 aromatic heterocycles. The summed E-state index contributed by atoms with van der Waals surface area (Å²) in [6.07, 6.45) is 0.490. The lowest BCUT2D eigenvalue weighted by molar-refractivity contribution is -0.141. The van der Waals surface area contributed by atoms with Gasteiger partial charge in [0.2, 0.25) is 10.6 Å². The molecule has 1 saturated heterocycles. The van der Waals surface area contributed by atoms with Crippen molar-refractivity contribution < 1.29 is 17.7 Å². The average Bonchev–Trinajstić information content (AvgIpc) is 3.62. The highest BCUT2D eigenvalue weighted by Gasteiger charge is 2.45. The Kier molecular flexibility index (Phi) is 7.89. The molecule has 0 bridgehead atoms. The van der Waals surface area contributed by atoms with Crippen LogP contribution in [-0.2, 0) is 36.2 Å². The smallest absolute Gasteiger partial charge is 0.433 e. The van der Waals surface area contributed by atoms with Crippen LogP contribution in [-0.4, -0.2) is 47.2 Å². The van der Waals surface area contributed by atoms with Crippen molar-refractivity contribution in [1.82, 2.24) is 24.2 Å². The number of aromatic nitrogens is 4. The largest absolute Gasteiger partial charge is 0.609 e. The van der Waals surface area contributed by atoms with Gasteiger partial charge < -0.3 is 9.12 Å². The van der Waals surface area contributed by atoms with Gasteiger partial charge in [-0.15, -0.1) is 0 Å². The summed E-state index contributed by atoms with van der Waals surface area (Å²) in [5.74, 6) is 0. The Balaban J connectivity index is 1.36. The van der Waals surface area contributed by atoms with Gasteiger partial charge in [-0.05, 0) is 67.6 Å². The molecule has 0 aliphatic carbocycles. The van der Waals surface area contributed by atoms with E-state index in [-0.39, 0.29) is 16.0 Å². The first-order valence-electron chi connectivity index (χ1n) is 14.3. The highest BCUT2D eigenvalue weighted by molar-refractivity contribution is 7.91. The van der Waals surface area contributed by atoms with Crippen molar-refractivity contribution in [2.24, 2.45) is 7.05 Å². The first kappa shape index (κ1) is 30.1. The Bertz CT molecular complexity index is 1870. The number of hydrogen-bond donors (Lipinski definition) is 0. The second-order valence-corrected chi connectivity index (χ2v) is 13.2. The predicted octanol–water partition coefficient (Wildman–Crippen LogP) is 5.79. The fourth-order valence-corrected chi connectivity index (χ4v) is 7.52. The van der Waals surface area contributed by atoms with Crippen LogP contribution in [0.5, 0.6) is 0 Å². The Hall–Kier alpha value is -3.93. The lowest BCUT2D eigenvalue weighted by Gasteiger charge is -2.33. The van der Waals surface area contributed by atoms with Gasteiger partial charge in [0.15, 0.2) is 5.37 Å². The number of fused-ring (bicyclic) bond motifs is 1. The summed E-state index contributed by atoms with van der Waals surface area (Å²) < 4.78 is 56.8. The van der Waals surface area contributed by atoms with Crippen LogP contribution in [0.25, 0.3) is 16.6 Å². The Morgan fingerprint density at radius 1 is 1.07 bits per heavy atom. The molecule has 0 spiro atoms. The van der Waals surface area contributed by atoms with E-state index in [9.17, 15) is 22.5 Å². The zero-order valence-corrected chi connectivity index (χ0v) is 25.4. The number of aryl methyl sites for hydroxylation is 2. The number of pyridine rings is 2. The second kappa shape index (κ2) is 11.5. The highest BCUT2D eigenvalue weighted by Crippen LogP contribution is 2.42. The van der Waals surface area contributed by atoms with Crippen molar-refractivity contribution in [3.8, 4) is 5.69 Å². The van der Waals surface area contributed by atoms with Crippen molar-refractivity contribution in [3.63, 3.8) is 0 Å². The molecule has 2 aromatic carbocycles. The summed E-state index contributed by atoms with van der Waals surface area (Å²) >= 11 is -1.77. The summed E-state index contributed by atoms with van der Waals surface area (Å²) in [6.45, 7) is 5.09. The van der Waals surface area contributed by atoms with Crippen molar-refractivity contribution in [1.29, 1.82) is 0 Å². The molecule has 5 aromatic rings. The molecule has 0 saturated carbocycles. The van der Waals surface area contributed by atoms with Gasteiger partial charge in [-0.2, -0.15) is 23.3 Å². The van der Waals surface area contributed by atoms with Crippen molar-refractivity contribution in [2.75, 3.05) is 13.1 Å². The summed E-state index contributed by atoms with van der Waals surface area (Å²) in [5, 5.41) is 4.98. The van der Waals surface area contributed by atoms with E-state index in [1.807, 2.05) is 29.1 Å². The fraction of sp³-hybridized carbons (Fsp3) is 0.303. The first-order chi connectivity index (χ1) is 20.9. The molecule has 44 heavy (non-hydrogen) atoms. The van der Waals surface area contributed by atoms with Crippen LogP contribution in [0.2, 0.25) is 0 Å². The maximum atomic E-state index is 13.5. The molecule has 1 aliphatic heterocycles. The maximum Gasteiger partial charge on any atom is 0.433 e. The summed E-state index contributed by atoms with van der Waals surface area (Å²) in [5.41, 5.74) is 3.62. The van der Waals surface area contributed by atoms with Gasteiger partial charge in [-0.25, -0.2) is 4.68 Å². The highest BCUT2D eigenvalue weighted by atomic mass is 32.2. The van der Waals surface area contributed by atoms with Crippen LogP contribution in [0, 0.1) is 6.92 Å². The molecule has 7 nitrogen and oxygen atoms in total. The normalized spacial score (nSPS) is 19.0. The van der Waals surface area contributed by atoms with E-state index < -0.39 is 28.4 Å². The minimum absolute atomic E-state index is 0.0729. The minimum Gasteiger partial charge on any atom is -0.609 e. The number of hydrogen-bond acceptors (Lipinski definition) is 5. The summed E-state index contributed by atoms with van der Waals surface area (Å²) in [7, 11) is 1.71. The molecule has 6 rings (SSSR count). The zero-order chi connectivity index (χ0) is 31.2. The van der Waals surface area contributed by atoms with E-state index in [1.54, 1.807) is 26.2 Å². The fourth-order valence-electron chi connectivity index (χ4n) is 6.32. The lowest BCUT2D eigenvalue weighted by atomic mass is 9.73. The van der Waals surface area contributed by atoms with Gasteiger partial charge in [0, 0.05) is 60.4 Å². The average molecular weight is 620 g/mol. The molecule has 2 unspecified atom stereocenters. The lowest BCUT2D eigenvalue weighted by Crippen LogP contribution is -2.41. The van der Waals surface area contributed by atoms with Crippen LogP contribution < -0.4 is 5.56 Å². The third-order valence-corrected chi connectivity index (χ3v) is 10.2. The van der Waals surface area contributed by atoms with Crippen LogP contribution in [0.4, 0.5) is 13.2 Å².